The number of ketones is 1. The summed E-state index contributed by atoms with van der Waals surface area (Å²) in [6.07, 6.45) is 3.89. The first-order valence-electron chi connectivity index (χ1n) is 12.4. The van der Waals surface area contributed by atoms with Crippen LogP contribution >= 0.6 is 0 Å². The fourth-order valence-electron chi connectivity index (χ4n) is 6.71. The van der Waals surface area contributed by atoms with Gasteiger partial charge in [0.1, 0.15) is 0 Å². The standard InChI is InChI=1S/C27H34N2O5/c1-18(30)19-5-7-20(8-6-19)21(31)28-14-11-26(12-15-28)13-16-29(17-26)22(32)27-10-9-25(4,23(33)34-27)24(27,2)3/h5-8H,9-17H2,1-4H3/t25-,27+/m0/s1. The van der Waals surface area contributed by atoms with Gasteiger partial charge >= 0.3 is 5.97 Å². The van der Waals surface area contributed by atoms with Crippen molar-refractivity contribution in [2.45, 2.75) is 65.4 Å². The average Bonchev–Trinajstić information content (AvgIpc) is 3.36. The molecule has 3 aliphatic heterocycles. The SMILES string of the molecule is CC(=O)c1ccc(C(=O)N2CCC3(CC2)CCN(C(=O)[C@@]24CC[C@@](C)(C(=O)O2)C4(C)C)C3)cc1. The van der Waals surface area contributed by atoms with Crippen LogP contribution in [0.1, 0.15) is 80.5 Å². The molecule has 1 aromatic rings. The second-order valence-electron chi connectivity index (χ2n) is 11.6. The molecule has 5 rings (SSSR count). The van der Waals surface area contributed by atoms with E-state index in [0.29, 0.717) is 50.1 Å². The third-order valence-electron chi connectivity index (χ3n) is 9.80. The van der Waals surface area contributed by atoms with Crippen molar-refractivity contribution in [3.05, 3.63) is 35.4 Å². The van der Waals surface area contributed by atoms with Crippen molar-refractivity contribution in [3.8, 4) is 0 Å². The lowest BCUT2D eigenvalue weighted by atomic mass is 9.66. The molecule has 4 fully saturated rings. The molecule has 3 saturated heterocycles. The number of esters is 1. The smallest absolute Gasteiger partial charge is 0.313 e. The zero-order valence-electron chi connectivity index (χ0n) is 20.6. The number of ether oxygens (including phenoxy) is 1. The van der Waals surface area contributed by atoms with E-state index in [1.165, 1.54) is 6.92 Å². The second-order valence-corrected chi connectivity index (χ2v) is 11.6. The molecule has 7 nitrogen and oxygen atoms in total. The Kier molecular flexibility index (Phi) is 5.02. The monoisotopic (exact) mass is 466 g/mol. The molecule has 4 aliphatic rings. The number of piperidine rings is 1. The van der Waals surface area contributed by atoms with Crippen LogP contribution in [-0.2, 0) is 14.3 Å². The first-order chi connectivity index (χ1) is 15.9. The third kappa shape index (κ3) is 3.01. The topological polar surface area (TPSA) is 84.0 Å². The van der Waals surface area contributed by atoms with Gasteiger partial charge < -0.3 is 14.5 Å². The molecule has 2 bridgehead atoms. The maximum atomic E-state index is 13.7. The number of carbonyl (C=O) groups excluding carboxylic acids is 4. The average molecular weight is 467 g/mol. The molecule has 0 unspecified atom stereocenters. The molecule has 1 aliphatic carbocycles. The first kappa shape index (κ1) is 23.1. The molecule has 7 heteroatoms. The summed E-state index contributed by atoms with van der Waals surface area (Å²) in [4.78, 5) is 54.6. The van der Waals surface area contributed by atoms with Crippen molar-refractivity contribution in [1.82, 2.24) is 9.80 Å². The fraction of sp³-hybridized carbons (Fsp3) is 0.630. The van der Waals surface area contributed by atoms with Crippen LogP contribution < -0.4 is 0 Å². The van der Waals surface area contributed by atoms with E-state index in [1.807, 2.05) is 30.6 Å². The highest BCUT2D eigenvalue weighted by Gasteiger charge is 2.76. The first-order valence-corrected chi connectivity index (χ1v) is 12.4. The summed E-state index contributed by atoms with van der Waals surface area (Å²) >= 11 is 0. The van der Waals surface area contributed by atoms with Crippen LogP contribution in [0.2, 0.25) is 0 Å². The van der Waals surface area contributed by atoms with E-state index in [0.717, 1.165) is 19.3 Å². The summed E-state index contributed by atoms with van der Waals surface area (Å²) < 4.78 is 5.83. The van der Waals surface area contributed by atoms with Crippen molar-refractivity contribution in [3.63, 3.8) is 0 Å². The second kappa shape index (κ2) is 7.40. The van der Waals surface area contributed by atoms with E-state index in [2.05, 4.69) is 0 Å². The van der Waals surface area contributed by atoms with Crippen LogP contribution in [0.5, 0.6) is 0 Å². The molecule has 2 amide bonds. The Hall–Kier alpha value is -2.70. The molecule has 2 atom stereocenters. The quantitative estimate of drug-likeness (QED) is 0.503. The minimum atomic E-state index is -1.05. The van der Waals surface area contributed by atoms with Crippen molar-refractivity contribution in [2.24, 2.45) is 16.2 Å². The minimum Gasteiger partial charge on any atom is -0.448 e. The van der Waals surface area contributed by atoms with E-state index in [4.69, 9.17) is 4.74 Å². The fourth-order valence-corrected chi connectivity index (χ4v) is 6.71. The lowest BCUT2D eigenvalue weighted by Crippen LogP contribution is -2.55. The maximum absolute atomic E-state index is 13.7. The van der Waals surface area contributed by atoms with Gasteiger partial charge in [0.05, 0.1) is 5.41 Å². The summed E-state index contributed by atoms with van der Waals surface area (Å²) in [6.45, 7) is 10.1. The molecule has 182 valence electrons. The lowest BCUT2D eigenvalue weighted by molar-refractivity contribution is -0.173. The molecule has 0 radical (unpaired) electrons. The van der Waals surface area contributed by atoms with Crippen LogP contribution in [-0.4, -0.2) is 65.1 Å². The van der Waals surface area contributed by atoms with E-state index in [9.17, 15) is 19.2 Å². The summed E-state index contributed by atoms with van der Waals surface area (Å²) in [7, 11) is 0. The van der Waals surface area contributed by atoms with E-state index in [-0.39, 0.29) is 29.0 Å². The van der Waals surface area contributed by atoms with Crippen LogP contribution in [0.25, 0.3) is 0 Å². The number of hydrogen-bond donors (Lipinski definition) is 0. The molecular weight excluding hydrogens is 432 g/mol. The molecule has 1 spiro atoms. The molecule has 0 aromatic heterocycles. The zero-order chi connectivity index (χ0) is 24.5. The van der Waals surface area contributed by atoms with Crippen molar-refractivity contribution < 1.29 is 23.9 Å². The number of amides is 2. The van der Waals surface area contributed by atoms with Gasteiger partial charge in [-0.25, -0.2) is 0 Å². The molecule has 3 heterocycles. The summed E-state index contributed by atoms with van der Waals surface area (Å²) in [5, 5.41) is 0. The summed E-state index contributed by atoms with van der Waals surface area (Å²) in [5.41, 5.74) is -0.976. The Morgan fingerprint density at radius 3 is 1.88 bits per heavy atom. The largest absolute Gasteiger partial charge is 0.448 e. The normalized spacial score (nSPS) is 31.1. The number of nitrogens with zero attached hydrogens (tertiary/aromatic N) is 2. The summed E-state index contributed by atoms with van der Waals surface area (Å²) in [5.74, 6) is -0.307. The van der Waals surface area contributed by atoms with Gasteiger partial charge in [0.2, 0.25) is 0 Å². The van der Waals surface area contributed by atoms with Crippen molar-refractivity contribution >= 4 is 23.6 Å². The number of rotatable bonds is 3. The van der Waals surface area contributed by atoms with Gasteiger partial charge in [-0.1, -0.05) is 26.0 Å². The Labute approximate surface area is 200 Å². The van der Waals surface area contributed by atoms with Gasteiger partial charge in [-0.3, -0.25) is 19.2 Å². The van der Waals surface area contributed by atoms with Crippen LogP contribution in [0.4, 0.5) is 0 Å². The van der Waals surface area contributed by atoms with Gasteiger partial charge in [-0.05, 0) is 63.5 Å². The molecule has 34 heavy (non-hydrogen) atoms. The minimum absolute atomic E-state index is 0.0101. The van der Waals surface area contributed by atoms with Gasteiger partial charge in [0.15, 0.2) is 11.4 Å². The molecule has 0 N–H and O–H groups in total. The Bertz CT molecular complexity index is 1070. The molecule has 1 aromatic carbocycles. The van der Waals surface area contributed by atoms with Gasteiger partial charge in [-0.15, -0.1) is 0 Å². The number of hydrogen-bond acceptors (Lipinski definition) is 5. The van der Waals surface area contributed by atoms with Gasteiger partial charge in [-0.2, -0.15) is 0 Å². The lowest BCUT2D eigenvalue weighted by Gasteiger charge is -2.41. The number of likely N-dealkylation sites (tertiary alicyclic amines) is 2. The van der Waals surface area contributed by atoms with E-state index >= 15 is 0 Å². The Morgan fingerprint density at radius 1 is 0.824 bits per heavy atom. The number of Topliss-reactive ketones (excluding diaryl/α,β-unsaturated/α-hetero) is 1. The summed E-state index contributed by atoms with van der Waals surface area (Å²) in [6, 6.07) is 6.84. The van der Waals surface area contributed by atoms with Crippen molar-refractivity contribution in [2.75, 3.05) is 26.2 Å². The van der Waals surface area contributed by atoms with Crippen LogP contribution in [0, 0.1) is 16.2 Å². The number of fused-ring (bicyclic) bond motifs is 2. The van der Waals surface area contributed by atoms with Crippen LogP contribution in [0.3, 0.4) is 0 Å². The van der Waals surface area contributed by atoms with Crippen LogP contribution in [0.15, 0.2) is 24.3 Å². The van der Waals surface area contributed by atoms with Gasteiger partial charge in [0, 0.05) is 42.7 Å². The van der Waals surface area contributed by atoms with E-state index in [1.54, 1.807) is 24.3 Å². The predicted molar refractivity (Wildman–Crippen MR) is 125 cm³/mol. The Balaban J connectivity index is 1.24. The predicted octanol–water partition coefficient (Wildman–Crippen LogP) is 3.47. The highest BCUT2D eigenvalue weighted by molar-refractivity contribution is 5.98. The molecule has 1 saturated carbocycles. The highest BCUT2D eigenvalue weighted by Crippen LogP contribution is 2.66. The highest BCUT2D eigenvalue weighted by atomic mass is 16.6. The van der Waals surface area contributed by atoms with Gasteiger partial charge in [0.25, 0.3) is 11.8 Å². The van der Waals surface area contributed by atoms with E-state index < -0.39 is 16.4 Å². The Morgan fingerprint density at radius 2 is 1.38 bits per heavy atom. The zero-order valence-corrected chi connectivity index (χ0v) is 20.6. The van der Waals surface area contributed by atoms with Crippen molar-refractivity contribution in [1.29, 1.82) is 0 Å². The number of benzene rings is 1. The third-order valence-corrected chi connectivity index (χ3v) is 9.80. The maximum Gasteiger partial charge on any atom is 0.313 e. The molecular formula is C27H34N2O5. The number of carbonyl (C=O) groups is 4.